The van der Waals surface area contributed by atoms with Crippen molar-refractivity contribution in [3.63, 3.8) is 0 Å². The predicted molar refractivity (Wildman–Crippen MR) is 77.4 cm³/mol. The third-order valence-electron chi connectivity index (χ3n) is 3.37. The van der Waals surface area contributed by atoms with Gasteiger partial charge in [0.25, 0.3) is 5.91 Å². The van der Waals surface area contributed by atoms with Crippen LogP contribution in [0.3, 0.4) is 0 Å². The first-order valence-electron chi connectivity index (χ1n) is 6.48. The van der Waals surface area contributed by atoms with Crippen LogP contribution in [0.4, 0.5) is 0 Å². The first kappa shape index (κ1) is 12.5. The number of nitrogens with one attached hydrogen (secondary N) is 2. The number of nitrogens with zero attached hydrogens (tertiary/aromatic N) is 2. The Morgan fingerprint density at radius 2 is 2.25 bits per heavy atom. The van der Waals surface area contributed by atoms with Crippen molar-refractivity contribution < 1.29 is 4.79 Å². The molecule has 0 spiro atoms. The minimum atomic E-state index is -0.0728. The Hall–Kier alpha value is -2.56. The minimum Gasteiger partial charge on any atom is -0.361 e. The molecule has 0 saturated carbocycles. The quantitative estimate of drug-likeness (QED) is 0.764. The summed E-state index contributed by atoms with van der Waals surface area (Å²) in [5, 5.41) is 8.22. The van der Waals surface area contributed by atoms with Gasteiger partial charge in [0.15, 0.2) is 0 Å². The number of carbonyl (C=O) groups excluding carboxylic acids is 1. The topological polar surface area (TPSA) is 62.7 Å². The lowest BCUT2D eigenvalue weighted by Crippen LogP contribution is -2.22. The highest BCUT2D eigenvalue weighted by Gasteiger charge is 2.08. The fourth-order valence-corrected chi connectivity index (χ4v) is 2.29. The number of fused-ring (bicyclic) bond motifs is 1. The van der Waals surface area contributed by atoms with E-state index in [1.54, 1.807) is 4.68 Å². The lowest BCUT2D eigenvalue weighted by molar-refractivity contribution is 0.0951. The molecule has 1 aromatic carbocycles. The SMILES string of the molecule is Cc1nn(C)cc1CNC(=O)c1ccc2[nH]ccc2c1. The molecule has 5 nitrogen and oxygen atoms in total. The number of hydrogen-bond acceptors (Lipinski definition) is 2. The van der Waals surface area contributed by atoms with E-state index < -0.39 is 0 Å². The first-order valence-corrected chi connectivity index (χ1v) is 6.48. The molecule has 102 valence electrons. The molecule has 0 aliphatic rings. The third-order valence-corrected chi connectivity index (χ3v) is 3.37. The first-order chi connectivity index (χ1) is 9.63. The number of H-pyrrole nitrogens is 1. The standard InChI is InChI=1S/C15H16N4O/c1-10-13(9-19(2)18-10)8-17-15(20)12-3-4-14-11(7-12)5-6-16-14/h3-7,9,16H,8H2,1-2H3,(H,17,20). The second-order valence-corrected chi connectivity index (χ2v) is 4.88. The maximum atomic E-state index is 12.2. The summed E-state index contributed by atoms with van der Waals surface area (Å²) in [6.45, 7) is 2.43. The van der Waals surface area contributed by atoms with E-state index in [-0.39, 0.29) is 5.91 Å². The second-order valence-electron chi connectivity index (χ2n) is 4.88. The van der Waals surface area contributed by atoms with Crippen molar-refractivity contribution in [2.24, 2.45) is 7.05 Å². The molecule has 0 saturated heterocycles. The number of hydrogen-bond donors (Lipinski definition) is 2. The van der Waals surface area contributed by atoms with Crippen LogP contribution in [0.2, 0.25) is 0 Å². The highest BCUT2D eigenvalue weighted by Crippen LogP contribution is 2.14. The van der Waals surface area contributed by atoms with E-state index in [2.05, 4.69) is 15.4 Å². The fourth-order valence-electron chi connectivity index (χ4n) is 2.29. The minimum absolute atomic E-state index is 0.0728. The molecule has 0 fully saturated rings. The van der Waals surface area contributed by atoms with Crippen molar-refractivity contribution in [1.29, 1.82) is 0 Å². The summed E-state index contributed by atoms with van der Waals surface area (Å²) >= 11 is 0. The molecule has 1 amide bonds. The molecule has 0 atom stereocenters. The van der Waals surface area contributed by atoms with Crippen molar-refractivity contribution in [3.05, 3.63) is 53.5 Å². The molecule has 0 aliphatic heterocycles. The third kappa shape index (κ3) is 2.30. The second kappa shape index (κ2) is 4.85. The number of aromatic nitrogens is 3. The van der Waals surface area contributed by atoms with E-state index in [0.717, 1.165) is 22.2 Å². The van der Waals surface area contributed by atoms with Crippen LogP contribution in [0.5, 0.6) is 0 Å². The van der Waals surface area contributed by atoms with E-state index in [1.807, 2.05) is 50.6 Å². The van der Waals surface area contributed by atoms with Crippen LogP contribution < -0.4 is 5.32 Å². The normalized spacial score (nSPS) is 10.9. The van der Waals surface area contributed by atoms with Crippen LogP contribution in [0.15, 0.2) is 36.7 Å². The summed E-state index contributed by atoms with van der Waals surface area (Å²) < 4.78 is 1.75. The molecule has 20 heavy (non-hydrogen) atoms. The number of carbonyl (C=O) groups is 1. The molecule has 2 heterocycles. The molecule has 0 unspecified atom stereocenters. The van der Waals surface area contributed by atoms with Gasteiger partial charge in [0, 0.05) is 48.0 Å². The maximum absolute atomic E-state index is 12.2. The fraction of sp³-hybridized carbons (Fsp3) is 0.200. The molecular weight excluding hydrogens is 252 g/mol. The summed E-state index contributed by atoms with van der Waals surface area (Å²) in [5.74, 6) is -0.0728. The van der Waals surface area contributed by atoms with Crippen LogP contribution >= 0.6 is 0 Å². The van der Waals surface area contributed by atoms with Gasteiger partial charge in [0.2, 0.25) is 0 Å². The van der Waals surface area contributed by atoms with Gasteiger partial charge in [0.1, 0.15) is 0 Å². The van der Waals surface area contributed by atoms with Gasteiger partial charge in [-0.1, -0.05) is 0 Å². The summed E-state index contributed by atoms with van der Waals surface area (Å²) in [7, 11) is 1.87. The van der Waals surface area contributed by atoms with E-state index in [9.17, 15) is 4.79 Å². The number of amides is 1. The average Bonchev–Trinajstić information content (AvgIpc) is 3.01. The van der Waals surface area contributed by atoms with Crippen molar-refractivity contribution >= 4 is 16.8 Å². The number of aryl methyl sites for hydroxylation is 2. The van der Waals surface area contributed by atoms with Crippen molar-refractivity contribution in [1.82, 2.24) is 20.1 Å². The Balaban J connectivity index is 1.74. The van der Waals surface area contributed by atoms with Crippen LogP contribution in [0.25, 0.3) is 10.9 Å². The summed E-state index contributed by atoms with van der Waals surface area (Å²) in [5.41, 5.74) is 3.67. The number of aromatic amines is 1. The molecule has 0 bridgehead atoms. The lowest BCUT2D eigenvalue weighted by Gasteiger charge is -2.04. The number of rotatable bonds is 3. The Kier molecular flexibility index (Phi) is 3.02. The van der Waals surface area contributed by atoms with Crippen molar-refractivity contribution in [3.8, 4) is 0 Å². The van der Waals surface area contributed by atoms with Crippen LogP contribution in [-0.2, 0) is 13.6 Å². The van der Waals surface area contributed by atoms with E-state index in [4.69, 9.17) is 0 Å². The highest BCUT2D eigenvalue weighted by atomic mass is 16.1. The molecule has 2 N–H and O–H groups in total. The Morgan fingerprint density at radius 1 is 1.40 bits per heavy atom. The maximum Gasteiger partial charge on any atom is 0.251 e. The van der Waals surface area contributed by atoms with Crippen molar-refractivity contribution in [2.75, 3.05) is 0 Å². The zero-order valence-electron chi connectivity index (χ0n) is 11.5. The van der Waals surface area contributed by atoms with Gasteiger partial charge in [-0.25, -0.2) is 0 Å². The highest BCUT2D eigenvalue weighted by molar-refractivity contribution is 5.98. The van der Waals surface area contributed by atoms with Gasteiger partial charge >= 0.3 is 0 Å². The molecule has 0 radical (unpaired) electrons. The van der Waals surface area contributed by atoms with E-state index in [0.29, 0.717) is 12.1 Å². The van der Waals surface area contributed by atoms with Crippen LogP contribution in [0, 0.1) is 6.92 Å². The Morgan fingerprint density at radius 3 is 3.00 bits per heavy atom. The van der Waals surface area contributed by atoms with Crippen LogP contribution in [-0.4, -0.2) is 20.7 Å². The smallest absolute Gasteiger partial charge is 0.251 e. The van der Waals surface area contributed by atoms with E-state index >= 15 is 0 Å². The van der Waals surface area contributed by atoms with Gasteiger partial charge in [-0.2, -0.15) is 5.10 Å². The Labute approximate surface area is 116 Å². The number of benzene rings is 1. The van der Waals surface area contributed by atoms with Crippen LogP contribution in [0.1, 0.15) is 21.6 Å². The van der Waals surface area contributed by atoms with Gasteiger partial charge in [-0.05, 0) is 31.2 Å². The zero-order chi connectivity index (χ0) is 14.1. The molecule has 0 aliphatic carbocycles. The largest absolute Gasteiger partial charge is 0.361 e. The molecule has 5 heteroatoms. The van der Waals surface area contributed by atoms with Gasteiger partial charge in [-0.15, -0.1) is 0 Å². The average molecular weight is 268 g/mol. The van der Waals surface area contributed by atoms with E-state index in [1.165, 1.54) is 0 Å². The molecule has 3 rings (SSSR count). The van der Waals surface area contributed by atoms with Gasteiger partial charge in [0.05, 0.1) is 5.69 Å². The summed E-state index contributed by atoms with van der Waals surface area (Å²) in [6, 6.07) is 7.58. The molecule has 2 aromatic heterocycles. The lowest BCUT2D eigenvalue weighted by atomic mass is 10.1. The van der Waals surface area contributed by atoms with Crippen molar-refractivity contribution in [2.45, 2.75) is 13.5 Å². The predicted octanol–water partition coefficient (Wildman–Crippen LogP) is 2.14. The monoisotopic (exact) mass is 268 g/mol. The molecule has 3 aromatic rings. The Bertz CT molecular complexity index is 769. The summed E-state index contributed by atoms with van der Waals surface area (Å²) in [6.07, 6.45) is 3.79. The zero-order valence-corrected chi connectivity index (χ0v) is 11.5. The molecular formula is C15H16N4O. The summed E-state index contributed by atoms with van der Waals surface area (Å²) in [4.78, 5) is 15.3. The van der Waals surface area contributed by atoms with Gasteiger partial charge < -0.3 is 10.3 Å². The van der Waals surface area contributed by atoms with Gasteiger partial charge in [-0.3, -0.25) is 9.48 Å².